The van der Waals surface area contributed by atoms with E-state index in [4.69, 9.17) is 4.74 Å². The second kappa shape index (κ2) is 7.29. The quantitative estimate of drug-likeness (QED) is 0.907. The first-order valence-electron chi connectivity index (χ1n) is 7.50. The Morgan fingerprint density at radius 1 is 1.43 bits per heavy atom. The number of aliphatic hydroxyl groups excluding tert-OH is 1. The maximum absolute atomic E-state index is 13.7. The molecule has 0 saturated carbocycles. The number of benzene rings is 1. The smallest absolute Gasteiger partial charge is 0.164 e. The van der Waals surface area contributed by atoms with E-state index >= 15 is 0 Å². The van der Waals surface area contributed by atoms with E-state index in [-0.39, 0.29) is 11.7 Å². The fourth-order valence-corrected chi connectivity index (χ4v) is 2.78. The third-order valence-corrected chi connectivity index (χ3v) is 4.08. The minimum absolute atomic E-state index is 0.0318. The third kappa shape index (κ3) is 3.99. The van der Waals surface area contributed by atoms with Crippen molar-refractivity contribution in [2.75, 3.05) is 19.7 Å². The molecule has 1 aliphatic heterocycles. The van der Waals surface area contributed by atoms with Crippen LogP contribution in [0.25, 0.3) is 0 Å². The summed E-state index contributed by atoms with van der Waals surface area (Å²) < 4.78 is 32.5. The van der Waals surface area contributed by atoms with Gasteiger partial charge in [0.2, 0.25) is 0 Å². The van der Waals surface area contributed by atoms with Gasteiger partial charge in [0.05, 0.1) is 18.8 Å². The van der Waals surface area contributed by atoms with Gasteiger partial charge in [0.15, 0.2) is 11.6 Å². The van der Waals surface area contributed by atoms with E-state index < -0.39 is 17.7 Å². The highest BCUT2D eigenvalue weighted by Crippen LogP contribution is 2.23. The highest BCUT2D eigenvalue weighted by Gasteiger charge is 2.26. The summed E-state index contributed by atoms with van der Waals surface area (Å²) in [5.74, 6) is -1.87. The van der Waals surface area contributed by atoms with Crippen LogP contribution in [0.4, 0.5) is 8.78 Å². The minimum atomic E-state index is -0.989. The Labute approximate surface area is 124 Å². The van der Waals surface area contributed by atoms with E-state index in [0.717, 1.165) is 19.0 Å². The second-order valence-corrected chi connectivity index (χ2v) is 5.65. The van der Waals surface area contributed by atoms with Crippen LogP contribution in [-0.4, -0.2) is 41.8 Å². The zero-order valence-electron chi connectivity index (χ0n) is 12.6. The van der Waals surface area contributed by atoms with E-state index in [1.165, 1.54) is 12.1 Å². The molecule has 21 heavy (non-hydrogen) atoms. The van der Waals surface area contributed by atoms with Gasteiger partial charge in [-0.1, -0.05) is 19.1 Å². The number of hydrogen-bond donors (Lipinski definition) is 1. The molecule has 5 heteroatoms. The lowest BCUT2D eigenvalue weighted by atomic mass is 10.0. The van der Waals surface area contributed by atoms with E-state index in [2.05, 4.69) is 11.8 Å². The Morgan fingerprint density at radius 2 is 2.19 bits per heavy atom. The molecule has 3 unspecified atom stereocenters. The molecule has 1 N–H and O–H groups in total. The molecule has 0 radical (unpaired) electrons. The van der Waals surface area contributed by atoms with E-state index in [0.29, 0.717) is 25.6 Å². The lowest BCUT2D eigenvalue weighted by Crippen LogP contribution is -2.48. The molecule has 1 aliphatic rings. The van der Waals surface area contributed by atoms with Crippen LogP contribution in [0.1, 0.15) is 38.4 Å². The summed E-state index contributed by atoms with van der Waals surface area (Å²) in [7, 11) is 0. The maximum atomic E-state index is 13.7. The summed E-state index contributed by atoms with van der Waals surface area (Å²) in [5, 5.41) is 10.1. The molecular weight excluding hydrogens is 276 g/mol. The molecule has 0 aromatic heterocycles. The Hall–Kier alpha value is -1.04. The lowest BCUT2D eigenvalue weighted by molar-refractivity contribution is -0.0592. The van der Waals surface area contributed by atoms with Crippen molar-refractivity contribution in [3.8, 4) is 0 Å². The van der Waals surface area contributed by atoms with Crippen LogP contribution >= 0.6 is 0 Å². The Balaban J connectivity index is 1.96. The van der Waals surface area contributed by atoms with Crippen molar-refractivity contribution < 1.29 is 18.6 Å². The summed E-state index contributed by atoms with van der Waals surface area (Å²) >= 11 is 0. The third-order valence-electron chi connectivity index (χ3n) is 4.08. The largest absolute Gasteiger partial charge is 0.388 e. The second-order valence-electron chi connectivity index (χ2n) is 5.65. The Bertz CT molecular complexity index is 470. The first-order valence-corrected chi connectivity index (χ1v) is 7.50. The van der Waals surface area contributed by atoms with Crippen LogP contribution in [0.2, 0.25) is 0 Å². The molecule has 0 amide bonds. The fraction of sp³-hybridized carbons (Fsp3) is 0.625. The van der Waals surface area contributed by atoms with Gasteiger partial charge in [0, 0.05) is 24.7 Å². The lowest BCUT2D eigenvalue weighted by Gasteiger charge is -2.38. The van der Waals surface area contributed by atoms with Gasteiger partial charge < -0.3 is 9.84 Å². The summed E-state index contributed by atoms with van der Waals surface area (Å²) in [6.45, 7) is 6.24. The van der Waals surface area contributed by atoms with E-state index in [1.54, 1.807) is 0 Å². The maximum Gasteiger partial charge on any atom is 0.164 e. The predicted molar refractivity (Wildman–Crippen MR) is 77.0 cm³/mol. The first-order chi connectivity index (χ1) is 10.0. The zero-order valence-corrected chi connectivity index (χ0v) is 12.6. The van der Waals surface area contributed by atoms with Crippen molar-refractivity contribution in [1.82, 2.24) is 4.90 Å². The van der Waals surface area contributed by atoms with Gasteiger partial charge in [-0.3, -0.25) is 4.90 Å². The normalized spacial score (nSPS) is 25.0. The zero-order chi connectivity index (χ0) is 15.4. The average Bonchev–Trinajstić information content (AvgIpc) is 2.47. The number of ether oxygens (including phenoxy) is 1. The summed E-state index contributed by atoms with van der Waals surface area (Å²) in [4.78, 5) is 2.26. The highest BCUT2D eigenvalue weighted by molar-refractivity contribution is 5.21. The molecule has 1 aromatic rings. The van der Waals surface area contributed by atoms with Gasteiger partial charge in [-0.25, -0.2) is 8.78 Å². The van der Waals surface area contributed by atoms with Crippen LogP contribution in [0.15, 0.2) is 18.2 Å². The highest BCUT2D eigenvalue weighted by atomic mass is 19.2. The summed E-state index contributed by atoms with van der Waals surface area (Å²) in [5.41, 5.74) is 0.0318. The Kier molecular flexibility index (Phi) is 5.67. The standard InChI is InChI=1S/C16H23F2NO2/c1-3-12-10-21-11(2)9-19(12)8-7-15(20)13-5-4-6-14(17)16(13)18/h4-6,11-12,15,20H,3,7-10H2,1-2H3. The molecular formula is C16H23F2NO2. The van der Waals surface area contributed by atoms with Crippen LogP contribution in [0, 0.1) is 11.6 Å². The number of nitrogens with zero attached hydrogens (tertiary/aromatic N) is 1. The molecule has 1 fully saturated rings. The number of aliphatic hydroxyl groups is 1. The van der Waals surface area contributed by atoms with Crippen LogP contribution < -0.4 is 0 Å². The van der Waals surface area contributed by atoms with Crippen molar-refractivity contribution in [2.24, 2.45) is 0 Å². The molecule has 1 aromatic carbocycles. The molecule has 3 nitrogen and oxygen atoms in total. The number of halogens is 2. The van der Waals surface area contributed by atoms with Crippen molar-refractivity contribution in [1.29, 1.82) is 0 Å². The van der Waals surface area contributed by atoms with Crippen molar-refractivity contribution in [3.63, 3.8) is 0 Å². The van der Waals surface area contributed by atoms with Crippen molar-refractivity contribution in [2.45, 2.75) is 44.9 Å². The van der Waals surface area contributed by atoms with Gasteiger partial charge >= 0.3 is 0 Å². The van der Waals surface area contributed by atoms with Gasteiger partial charge in [0.1, 0.15) is 0 Å². The summed E-state index contributed by atoms with van der Waals surface area (Å²) in [6, 6.07) is 4.23. The van der Waals surface area contributed by atoms with Crippen LogP contribution in [0.3, 0.4) is 0 Å². The topological polar surface area (TPSA) is 32.7 Å². The molecule has 0 bridgehead atoms. The van der Waals surface area contributed by atoms with Gasteiger partial charge in [-0.2, -0.15) is 0 Å². The van der Waals surface area contributed by atoms with E-state index in [9.17, 15) is 13.9 Å². The van der Waals surface area contributed by atoms with Gasteiger partial charge in [-0.15, -0.1) is 0 Å². The minimum Gasteiger partial charge on any atom is -0.388 e. The molecule has 3 atom stereocenters. The summed E-state index contributed by atoms with van der Waals surface area (Å²) in [6.07, 6.45) is 0.521. The molecule has 118 valence electrons. The van der Waals surface area contributed by atoms with Gasteiger partial charge in [0.25, 0.3) is 0 Å². The molecule has 1 saturated heterocycles. The fourth-order valence-electron chi connectivity index (χ4n) is 2.78. The molecule has 1 heterocycles. The SMILES string of the molecule is CCC1COC(C)CN1CCC(O)c1cccc(F)c1F. The number of hydrogen-bond acceptors (Lipinski definition) is 3. The van der Waals surface area contributed by atoms with Crippen LogP contribution in [0.5, 0.6) is 0 Å². The molecule has 0 aliphatic carbocycles. The van der Waals surface area contributed by atoms with Gasteiger partial charge in [-0.05, 0) is 25.8 Å². The monoisotopic (exact) mass is 299 g/mol. The van der Waals surface area contributed by atoms with E-state index in [1.807, 2.05) is 6.92 Å². The average molecular weight is 299 g/mol. The molecule has 0 spiro atoms. The van der Waals surface area contributed by atoms with Crippen molar-refractivity contribution >= 4 is 0 Å². The Morgan fingerprint density at radius 3 is 2.90 bits per heavy atom. The van der Waals surface area contributed by atoms with Crippen molar-refractivity contribution in [3.05, 3.63) is 35.4 Å². The van der Waals surface area contributed by atoms with Crippen LogP contribution in [-0.2, 0) is 4.74 Å². The first kappa shape index (κ1) is 16.3. The molecule has 2 rings (SSSR count). The number of rotatable bonds is 5. The predicted octanol–water partition coefficient (Wildman–Crippen LogP) is 2.89. The number of morpholine rings is 1.